The smallest absolute Gasteiger partial charge is 0.143 e. The maximum absolute atomic E-state index is 4.09. The average Bonchev–Trinajstić information content (AvgIpc) is 2.59. The predicted molar refractivity (Wildman–Crippen MR) is 42.1 cm³/mol. The Bertz CT molecular complexity index is 253. The van der Waals surface area contributed by atoms with Gasteiger partial charge in [0.1, 0.15) is 10.7 Å². The van der Waals surface area contributed by atoms with Gasteiger partial charge >= 0.3 is 0 Å². The van der Waals surface area contributed by atoms with Crippen LogP contribution in [0.4, 0.5) is 0 Å². The Morgan fingerprint density at radius 3 is 3.00 bits per heavy atom. The molecule has 0 spiro atoms. The summed E-state index contributed by atoms with van der Waals surface area (Å²) in [5.74, 6) is 0. The SMILES string of the molecule is [c]1scnc1-c1nccs1. The van der Waals surface area contributed by atoms with E-state index >= 15 is 0 Å². The fourth-order valence-electron chi connectivity index (χ4n) is 0.627. The van der Waals surface area contributed by atoms with Crippen LogP contribution in [-0.4, -0.2) is 9.97 Å². The first-order valence-corrected chi connectivity index (χ1v) is 4.44. The van der Waals surface area contributed by atoms with Crippen LogP contribution in [0.2, 0.25) is 0 Å². The van der Waals surface area contributed by atoms with Gasteiger partial charge in [0, 0.05) is 11.6 Å². The number of aromatic nitrogens is 2. The van der Waals surface area contributed by atoms with Crippen molar-refractivity contribution in [2.75, 3.05) is 0 Å². The Morgan fingerprint density at radius 2 is 2.40 bits per heavy atom. The first kappa shape index (κ1) is 6.00. The maximum atomic E-state index is 4.09. The van der Waals surface area contributed by atoms with Crippen LogP contribution < -0.4 is 0 Å². The van der Waals surface area contributed by atoms with Gasteiger partial charge in [-0.2, -0.15) is 0 Å². The lowest BCUT2D eigenvalue weighted by atomic mass is 10.5. The van der Waals surface area contributed by atoms with Crippen LogP contribution in [0.25, 0.3) is 10.7 Å². The largest absolute Gasteiger partial charge is 0.243 e. The van der Waals surface area contributed by atoms with Gasteiger partial charge in [-0.3, -0.25) is 0 Å². The van der Waals surface area contributed by atoms with Gasteiger partial charge in [-0.25, -0.2) is 9.97 Å². The van der Waals surface area contributed by atoms with E-state index in [2.05, 4.69) is 15.3 Å². The van der Waals surface area contributed by atoms with Crippen molar-refractivity contribution in [1.29, 1.82) is 0 Å². The first-order chi connectivity index (χ1) is 4.97. The Kier molecular flexibility index (Phi) is 1.49. The third-order valence-electron chi connectivity index (χ3n) is 1.03. The van der Waals surface area contributed by atoms with E-state index in [1.807, 2.05) is 5.38 Å². The predicted octanol–water partition coefficient (Wildman–Crippen LogP) is 2.07. The van der Waals surface area contributed by atoms with Crippen molar-refractivity contribution in [1.82, 2.24) is 9.97 Å². The summed E-state index contributed by atoms with van der Waals surface area (Å²) in [6.07, 6.45) is 1.77. The zero-order valence-corrected chi connectivity index (χ0v) is 6.58. The summed E-state index contributed by atoms with van der Waals surface area (Å²) < 4.78 is 0. The highest BCUT2D eigenvalue weighted by molar-refractivity contribution is 7.13. The molecule has 0 atom stereocenters. The lowest BCUT2D eigenvalue weighted by Crippen LogP contribution is -1.71. The van der Waals surface area contributed by atoms with E-state index in [1.165, 1.54) is 11.3 Å². The van der Waals surface area contributed by atoms with Crippen molar-refractivity contribution in [2.45, 2.75) is 0 Å². The van der Waals surface area contributed by atoms with Crippen LogP contribution in [0.3, 0.4) is 0 Å². The van der Waals surface area contributed by atoms with Crippen LogP contribution >= 0.6 is 22.7 Å². The van der Waals surface area contributed by atoms with Gasteiger partial charge in [-0.1, -0.05) is 0 Å². The molecule has 10 heavy (non-hydrogen) atoms. The number of hydrogen-bond acceptors (Lipinski definition) is 4. The molecule has 0 amide bonds. The molecule has 0 aliphatic heterocycles. The number of rotatable bonds is 1. The highest BCUT2D eigenvalue weighted by Crippen LogP contribution is 2.19. The summed E-state index contributed by atoms with van der Waals surface area (Å²) in [6, 6.07) is 0. The van der Waals surface area contributed by atoms with Gasteiger partial charge in [0.25, 0.3) is 0 Å². The van der Waals surface area contributed by atoms with Gasteiger partial charge in [0.15, 0.2) is 0 Å². The van der Waals surface area contributed by atoms with E-state index in [0.717, 1.165) is 10.7 Å². The van der Waals surface area contributed by atoms with Crippen molar-refractivity contribution in [2.24, 2.45) is 0 Å². The molecule has 0 bridgehead atoms. The normalized spacial score (nSPS) is 10.0. The zero-order valence-electron chi connectivity index (χ0n) is 4.94. The van der Waals surface area contributed by atoms with Crippen molar-refractivity contribution < 1.29 is 0 Å². The molecular formula is C6H3N2S2. The summed E-state index contributed by atoms with van der Waals surface area (Å²) in [7, 11) is 0. The number of nitrogens with zero attached hydrogens (tertiary/aromatic N) is 2. The Hall–Kier alpha value is -0.740. The highest BCUT2D eigenvalue weighted by Gasteiger charge is 2.00. The minimum absolute atomic E-state index is 0.861. The molecule has 0 aromatic carbocycles. The molecule has 2 aromatic heterocycles. The standard InChI is InChI=1S/C6H3N2S2/c1-2-10-6(7-1)5-3-9-4-8-5/h1-2,4H. The van der Waals surface area contributed by atoms with Crippen LogP contribution in [0, 0.1) is 5.38 Å². The fourth-order valence-corrected chi connectivity index (χ4v) is 1.75. The molecule has 2 rings (SSSR count). The Morgan fingerprint density at radius 1 is 1.40 bits per heavy atom. The minimum Gasteiger partial charge on any atom is -0.243 e. The van der Waals surface area contributed by atoms with Gasteiger partial charge in [0.05, 0.1) is 10.9 Å². The van der Waals surface area contributed by atoms with E-state index in [4.69, 9.17) is 0 Å². The lowest BCUT2D eigenvalue weighted by Gasteiger charge is -1.81. The van der Waals surface area contributed by atoms with E-state index in [0.29, 0.717) is 0 Å². The van der Waals surface area contributed by atoms with Crippen LogP contribution in [0.1, 0.15) is 0 Å². The van der Waals surface area contributed by atoms with Crippen molar-refractivity contribution in [3.63, 3.8) is 0 Å². The van der Waals surface area contributed by atoms with Crippen molar-refractivity contribution >= 4 is 22.7 Å². The fraction of sp³-hybridized carbons (Fsp3) is 0. The van der Waals surface area contributed by atoms with Crippen LogP contribution in [0.5, 0.6) is 0 Å². The second kappa shape index (κ2) is 2.48. The monoisotopic (exact) mass is 167 g/mol. The Labute approximate surface area is 66.2 Å². The molecule has 1 radical (unpaired) electrons. The molecule has 0 fully saturated rings. The second-order valence-electron chi connectivity index (χ2n) is 1.64. The van der Waals surface area contributed by atoms with Crippen molar-refractivity contribution in [3.8, 4) is 10.7 Å². The van der Waals surface area contributed by atoms with Gasteiger partial charge in [-0.05, 0) is 0 Å². The van der Waals surface area contributed by atoms with E-state index in [-0.39, 0.29) is 0 Å². The van der Waals surface area contributed by atoms with Gasteiger partial charge in [0.2, 0.25) is 0 Å². The van der Waals surface area contributed by atoms with Gasteiger partial charge in [-0.15, -0.1) is 22.7 Å². The minimum atomic E-state index is 0.861. The summed E-state index contributed by atoms with van der Waals surface area (Å²) in [5.41, 5.74) is 2.62. The van der Waals surface area contributed by atoms with E-state index < -0.39 is 0 Å². The zero-order chi connectivity index (χ0) is 6.81. The quantitative estimate of drug-likeness (QED) is 0.649. The molecular weight excluding hydrogens is 164 g/mol. The van der Waals surface area contributed by atoms with Crippen LogP contribution in [-0.2, 0) is 0 Å². The highest BCUT2D eigenvalue weighted by atomic mass is 32.1. The summed E-state index contributed by atoms with van der Waals surface area (Å²) in [5, 5.41) is 5.90. The second-order valence-corrected chi connectivity index (χ2v) is 3.19. The first-order valence-electron chi connectivity index (χ1n) is 2.68. The van der Waals surface area contributed by atoms with E-state index in [9.17, 15) is 0 Å². The molecule has 2 nitrogen and oxygen atoms in total. The Balaban J connectivity index is 2.48. The number of hydrogen-bond donors (Lipinski definition) is 0. The van der Waals surface area contributed by atoms with Crippen molar-refractivity contribution in [3.05, 3.63) is 22.5 Å². The third-order valence-corrected chi connectivity index (χ3v) is 2.33. The number of thiazole rings is 2. The maximum Gasteiger partial charge on any atom is 0.143 e. The molecule has 0 saturated carbocycles. The topological polar surface area (TPSA) is 25.8 Å². The molecule has 2 heterocycles. The molecule has 0 N–H and O–H groups in total. The summed E-state index contributed by atoms with van der Waals surface area (Å²) in [4.78, 5) is 8.16. The molecule has 0 aliphatic rings. The molecule has 0 aliphatic carbocycles. The van der Waals surface area contributed by atoms with E-state index in [1.54, 1.807) is 23.0 Å². The molecule has 0 unspecified atom stereocenters. The van der Waals surface area contributed by atoms with Crippen LogP contribution in [0.15, 0.2) is 17.1 Å². The lowest BCUT2D eigenvalue weighted by molar-refractivity contribution is 1.34. The summed E-state index contributed by atoms with van der Waals surface area (Å²) >= 11 is 3.05. The molecule has 2 aromatic rings. The van der Waals surface area contributed by atoms with Gasteiger partial charge < -0.3 is 0 Å². The average molecular weight is 167 g/mol. The molecule has 0 saturated heterocycles. The summed E-state index contributed by atoms with van der Waals surface area (Å²) in [6.45, 7) is 0. The molecule has 4 heteroatoms. The molecule has 49 valence electrons. The third kappa shape index (κ3) is 0.955.